The number of nitrogens with zero attached hydrogens (tertiary/aromatic N) is 5. The van der Waals surface area contributed by atoms with Crippen molar-refractivity contribution < 1.29 is 9.47 Å². The molecule has 1 N–H and O–H groups in total. The molecule has 1 saturated heterocycles. The number of fused-ring (bicyclic) bond motifs is 1. The molecule has 0 amide bonds. The van der Waals surface area contributed by atoms with Gasteiger partial charge in [0.25, 0.3) is 0 Å². The van der Waals surface area contributed by atoms with Crippen LogP contribution in [0.2, 0.25) is 5.02 Å². The minimum Gasteiger partial charge on any atom is -0.497 e. The average molecular weight is 449 g/mol. The fourth-order valence-corrected chi connectivity index (χ4v) is 3.65. The third kappa shape index (κ3) is 4.15. The summed E-state index contributed by atoms with van der Waals surface area (Å²) in [5, 5.41) is 4.56. The van der Waals surface area contributed by atoms with Crippen LogP contribution < -0.4 is 15.0 Å². The van der Waals surface area contributed by atoms with Crippen molar-refractivity contribution in [1.82, 2.24) is 19.9 Å². The number of anilines is 3. The Morgan fingerprint density at radius 3 is 2.62 bits per heavy atom. The predicted molar refractivity (Wildman–Crippen MR) is 125 cm³/mol. The molecule has 4 aromatic rings. The van der Waals surface area contributed by atoms with Crippen LogP contribution in [-0.4, -0.2) is 53.3 Å². The van der Waals surface area contributed by atoms with Crippen LogP contribution in [0.5, 0.6) is 5.75 Å². The minimum absolute atomic E-state index is 0.546. The van der Waals surface area contributed by atoms with Gasteiger partial charge >= 0.3 is 0 Å². The largest absolute Gasteiger partial charge is 0.497 e. The summed E-state index contributed by atoms with van der Waals surface area (Å²) in [4.78, 5) is 20.9. The van der Waals surface area contributed by atoms with E-state index in [1.807, 2.05) is 36.4 Å². The number of rotatable bonds is 5. The van der Waals surface area contributed by atoms with Crippen molar-refractivity contribution in [3.63, 3.8) is 0 Å². The predicted octanol–water partition coefficient (Wildman–Crippen LogP) is 4.33. The van der Waals surface area contributed by atoms with Crippen LogP contribution in [0.25, 0.3) is 22.4 Å². The molecule has 32 heavy (non-hydrogen) atoms. The van der Waals surface area contributed by atoms with Gasteiger partial charge in [-0.15, -0.1) is 0 Å². The highest BCUT2D eigenvalue weighted by molar-refractivity contribution is 6.33. The van der Waals surface area contributed by atoms with Gasteiger partial charge in [-0.2, -0.15) is 4.98 Å². The summed E-state index contributed by atoms with van der Waals surface area (Å²) in [6.45, 7) is 2.79. The maximum Gasteiger partial charge on any atom is 0.227 e. The van der Waals surface area contributed by atoms with Crippen LogP contribution in [0, 0.1) is 0 Å². The molecule has 0 aliphatic carbocycles. The quantitative estimate of drug-likeness (QED) is 0.483. The Morgan fingerprint density at radius 1 is 1.03 bits per heavy atom. The van der Waals surface area contributed by atoms with Crippen molar-refractivity contribution in [2.45, 2.75) is 0 Å². The zero-order chi connectivity index (χ0) is 21.9. The molecule has 0 spiro atoms. The van der Waals surface area contributed by atoms with Gasteiger partial charge in [-0.05, 0) is 12.1 Å². The van der Waals surface area contributed by atoms with E-state index in [2.05, 4.69) is 15.2 Å². The van der Waals surface area contributed by atoms with Gasteiger partial charge in [0.05, 0.1) is 36.4 Å². The first-order chi connectivity index (χ1) is 15.7. The lowest BCUT2D eigenvalue weighted by Gasteiger charge is -2.26. The first kappa shape index (κ1) is 20.4. The number of morpholine rings is 1. The summed E-state index contributed by atoms with van der Waals surface area (Å²) in [7, 11) is 1.61. The number of nitrogens with one attached hydrogen (secondary N) is 1. The van der Waals surface area contributed by atoms with Crippen molar-refractivity contribution in [2.24, 2.45) is 0 Å². The molecule has 0 bridgehead atoms. The number of hydrogen-bond donors (Lipinski definition) is 1. The van der Waals surface area contributed by atoms with Gasteiger partial charge in [-0.25, -0.2) is 15.0 Å². The minimum atomic E-state index is 0.546. The monoisotopic (exact) mass is 448 g/mol. The van der Waals surface area contributed by atoms with Crippen LogP contribution in [0.4, 0.5) is 17.5 Å². The third-order valence-corrected chi connectivity index (χ3v) is 5.52. The van der Waals surface area contributed by atoms with E-state index in [-0.39, 0.29) is 0 Å². The number of benzene rings is 2. The average Bonchev–Trinajstić information content (AvgIpc) is 2.86. The lowest BCUT2D eigenvalue weighted by atomic mass is 10.2. The summed E-state index contributed by atoms with van der Waals surface area (Å²) in [6.07, 6.45) is 1.75. The van der Waals surface area contributed by atoms with E-state index >= 15 is 0 Å². The van der Waals surface area contributed by atoms with Gasteiger partial charge in [0.1, 0.15) is 11.6 Å². The number of hydrogen-bond acceptors (Lipinski definition) is 8. The Bertz CT molecular complexity index is 1250. The first-order valence-electron chi connectivity index (χ1n) is 10.2. The molecule has 5 rings (SSSR count). The smallest absolute Gasteiger partial charge is 0.227 e. The summed E-state index contributed by atoms with van der Waals surface area (Å²) in [5.74, 6) is 2.44. The van der Waals surface area contributed by atoms with Gasteiger partial charge in [0, 0.05) is 30.9 Å². The topological polar surface area (TPSA) is 85.3 Å². The van der Waals surface area contributed by atoms with Crippen LogP contribution in [0.1, 0.15) is 0 Å². The van der Waals surface area contributed by atoms with E-state index in [0.29, 0.717) is 58.3 Å². The van der Waals surface area contributed by atoms with Crippen molar-refractivity contribution in [3.05, 3.63) is 59.8 Å². The standard InChI is InChI=1S/C23H21ClN6O2/c1-31-16-7-8-18(24)19(13-16)26-21-17-14-25-23(30-9-11-32-12-10-30)29-22(17)28-20(27-21)15-5-3-2-4-6-15/h2-8,13-14H,9-12H2,1H3,(H,25,26,27,28,29). The van der Waals surface area contributed by atoms with Gasteiger partial charge in [-0.3, -0.25) is 0 Å². The molecule has 1 fully saturated rings. The summed E-state index contributed by atoms with van der Waals surface area (Å²) >= 11 is 6.43. The van der Waals surface area contributed by atoms with E-state index in [4.69, 9.17) is 36.0 Å². The van der Waals surface area contributed by atoms with E-state index < -0.39 is 0 Å². The van der Waals surface area contributed by atoms with Gasteiger partial charge in [0.2, 0.25) is 5.95 Å². The molecule has 1 aliphatic heterocycles. The van der Waals surface area contributed by atoms with Crippen LogP contribution in [0.15, 0.2) is 54.7 Å². The molecule has 2 aromatic carbocycles. The second-order valence-corrected chi connectivity index (χ2v) is 7.65. The normalized spacial score (nSPS) is 13.9. The second kappa shape index (κ2) is 8.94. The molecule has 2 aromatic heterocycles. The van der Waals surface area contributed by atoms with Crippen molar-refractivity contribution in [1.29, 1.82) is 0 Å². The molecule has 0 saturated carbocycles. The highest BCUT2D eigenvalue weighted by atomic mass is 35.5. The number of aromatic nitrogens is 4. The molecular formula is C23H21ClN6O2. The van der Waals surface area contributed by atoms with Crippen molar-refractivity contribution in [2.75, 3.05) is 43.6 Å². The fourth-order valence-electron chi connectivity index (χ4n) is 3.49. The maximum atomic E-state index is 6.43. The Labute approximate surface area is 190 Å². The van der Waals surface area contributed by atoms with E-state index in [0.717, 1.165) is 18.7 Å². The Morgan fingerprint density at radius 2 is 1.84 bits per heavy atom. The number of ether oxygens (including phenoxy) is 2. The molecule has 9 heteroatoms. The first-order valence-corrected chi connectivity index (χ1v) is 10.6. The van der Waals surface area contributed by atoms with Gasteiger partial charge < -0.3 is 19.7 Å². The second-order valence-electron chi connectivity index (χ2n) is 7.24. The lowest BCUT2D eigenvalue weighted by Crippen LogP contribution is -2.37. The van der Waals surface area contributed by atoms with E-state index in [1.165, 1.54) is 0 Å². The number of methoxy groups -OCH3 is 1. The fraction of sp³-hybridized carbons (Fsp3) is 0.217. The SMILES string of the molecule is COc1ccc(Cl)c(Nc2nc(-c3ccccc3)nc3nc(N4CCOCC4)ncc23)c1. The van der Waals surface area contributed by atoms with Crippen LogP contribution in [-0.2, 0) is 4.74 Å². The molecule has 162 valence electrons. The zero-order valence-electron chi connectivity index (χ0n) is 17.5. The van der Waals surface area contributed by atoms with Crippen LogP contribution >= 0.6 is 11.6 Å². The molecule has 0 radical (unpaired) electrons. The highest BCUT2D eigenvalue weighted by Crippen LogP contribution is 2.32. The summed E-state index contributed by atoms with van der Waals surface area (Å²) < 4.78 is 10.8. The Balaban J connectivity index is 1.63. The Kier molecular flexibility index (Phi) is 5.70. The molecule has 1 aliphatic rings. The maximum absolute atomic E-state index is 6.43. The molecule has 0 atom stereocenters. The molecule has 0 unspecified atom stereocenters. The van der Waals surface area contributed by atoms with E-state index in [1.54, 1.807) is 25.4 Å². The molecule has 8 nitrogen and oxygen atoms in total. The summed E-state index contributed by atoms with van der Waals surface area (Å²) in [6, 6.07) is 15.2. The molecular weight excluding hydrogens is 428 g/mol. The van der Waals surface area contributed by atoms with Gasteiger partial charge in [-0.1, -0.05) is 41.9 Å². The van der Waals surface area contributed by atoms with Crippen LogP contribution in [0.3, 0.4) is 0 Å². The zero-order valence-corrected chi connectivity index (χ0v) is 18.2. The highest BCUT2D eigenvalue weighted by Gasteiger charge is 2.18. The number of halogens is 1. The van der Waals surface area contributed by atoms with Crippen molar-refractivity contribution in [3.8, 4) is 17.1 Å². The Hall–Kier alpha value is -3.49. The third-order valence-electron chi connectivity index (χ3n) is 5.19. The van der Waals surface area contributed by atoms with E-state index in [9.17, 15) is 0 Å². The summed E-state index contributed by atoms with van der Waals surface area (Å²) in [5.41, 5.74) is 2.11. The van der Waals surface area contributed by atoms with Gasteiger partial charge in [0.15, 0.2) is 11.5 Å². The van der Waals surface area contributed by atoms with Crippen molar-refractivity contribution >= 4 is 40.1 Å². The molecule has 3 heterocycles. The lowest BCUT2D eigenvalue weighted by molar-refractivity contribution is 0.122.